The molecular formula is C12H24N2OS2. The van der Waals surface area contributed by atoms with Gasteiger partial charge in [-0.2, -0.15) is 23.5 Å². The molecule has 0 bridgehead atoms. The third-order valence-electron chi connectivity index (χ3n) is 2.80. The van der Waals surface area contributed by atoms with Crippen molar-refractivity contribution in [2.45, 2.75) is 25.5 Å². The summed E-state index contributed by atoms with van der Waals surface area (Å²) >= 11 is 3.95. The summed E-state index contributed by atoms with van der Waals surface area (Å²) in [4.78, 5) is 11.9. The van der Waals surface area contributed by atoms with E-state index in [9.17, 15) is 4.79 Å². The highest BCUT2D eigenvalue weighted by molar-refractivity contribution is 8.06. The van der Waals surface area contributed by atoms with E-state index in [-0.39, 0.29) is 11.8 Å². The van der Waals surface area contributed by atoms with Crippen molar-refractivity contribution in [3.8, 4) is 0 Å². The first kappa shape index (κ1) is 15.2. The highest BCUT2D eigenvalue weighted by atomic mass is 32.2. The fourth-order valence-corrected chi connectivity index (χ4v) is 4.50. The minimum absolute atomic E-state index is 0.0174. The number of rotatable bonds is 6. The third-order valence-corrected chi connectivity index (χ3v) is 5.65. The van der Waals surface area contributed by atoms with Gasteiger partial charge in [-0.3, -0.25) is 4.79 Å². The summed E-state index contributed by atoms with van der Waals surface area (Å²) in [6, 6.07) is 0. The maximum absolute atomic E-state index is 11.9. The highest BCUT2D eigenvalue weighted by Gasteiger charge is 2.20. The Bertz CT molecular complexity index is 231. The van der Waals surface area contributed by atoms with Crippen LogP contribution in [0, 0.1) is 11.8 Å². The smallest absolute Gasteiger partial charge is 0.224 e. The molecule has 100 valence electrons. The Labute approximate surface area is 113 Å². The number of hydrogen-bond acceptors (Lipinski definition) is 4. The quantitative estimate of drug-likeness (QED) is 0.773. The van der Waals surface area contributed by atoms with Gasteiger partial charge in [0, 0.05) is 35.6 Å². The molecule has 0 radical (unpaired) electrons. The zero-order chi connectivity index (χ0) is 12.7. The van der Waals surface area contributed by atoms with E-state index in [1.54, 1.807) is 0 Å². The van der Waals surface area contributed by atoms with Gasteiger partial charge in [0.2, 0.25) is 5.91 Å². The van der Waals surface area contributed by atoms with Gasteiger partial charge >= 0.3 is 0 Å². The monoisotopic (exact) mass is 276 g/mol. The number of carbonyl (C=O) groups is 1. The topological polar surface area (TPSA) is 55.1 Å². The van der Waals surface area contributed by atoms with Gasteiger partial charge < -0.3 is 11.1 Å². The molecular weight excluding hydrogens is 252 g/mol. The van der Waals surface area contributed by atoms with Crippen molar-refractivity contribution < 1.29 is 4.79 Å². The Morgan fingerprint density at radius 3 is 2.76 bits per heavy atom. The molecule has 3 nitrogen and oxygen atoms in total. The van der Waals surface area contributed by atoms with Crippen LogP contribution in [0.5, 0.6) is 0 Å². The lowest BCUT2D eigenvalue weighted by molar-refractivity contribution is -0.125. The molecule has 2 unspecified atom stereocenters. The summed E-state index contributed by atoms with van der Waals surface area (Å²) in [5.41, 5.74) is 5.66. The molecule has 2 atom stereocenters. The Kier molecular flexibility index (Phi) is 7.39. The standard InChI is InChI=1S/C12H24N2OS2/c1-9(2)5-10(6-13)12(15)14-7-11-8-16-3-4-17-11/h9-11H,3-8,13H2,1-2H3,(H,14,15). The molecule has 3 N–H and O–H groups in total. The first-order valence-electron chi connectivity index (χ1n) is 6.30. The van der Waals surface area contributed by atoms with Crippen molar-refractivity contribution in [2.24, 2.45) is 17.6 Å². The average Bonchev–Trinajstić information content (AvgIpc) is 2.34. The number of nitrogens with one attached hydrogen (secondary N) is 1. The van der Waals surface area contributed by atoms with Crippen LogP contribution < -0.4 is 11.1 Å². The third kappa shape index (κ3) is 6.02. The van der Waals surface area contributed by atoms with Crippen molar-refractivity contribution in [3.05, 3.63) is 0 Å². The lowest BCUT2D eigenvalue weighted by Gasteiger charge is -2.23. The maximum atomic E-state index is 11.9. The molecule has 1 amide bonds. The van der Waals surface area contributed by atoms with E-state index in [4.69, 9.17) is 5.73 Å². The zero-order valence-electron chi connectivity index (χ0n) is 10.8. The van der Waals surface area contributed by atoms with Crippen LogP contribution in [0.2, 0.25) is 0 Å². The molecule has 1 saturated heterocycles. The summed E-state index contributed by atoms with van der Waals surface area (Å²) < 4.78 is 0. The van der Waals surface area contributed by atoms with Gasteiger partial charge in [0.05, 0.1) is 5.92 Å². The van der Waals surface area contributed by atoms with Crippen LogP contribution in [0.15, 0.2) is 0 Å². The maximum Gasteiger partial charge on any atom is 0.224 e. The van der Waals surface area contributed by atoms with Gasteiger partial charge in [-0.05, 0) is 12.3 Å². The number of amides is 1. The van der Waals surface area contributed by atoms with E-state index in [1.165, 1.54) is 11.5 Å². The summed E-state index contributed by atoms with van der Waals surface area (Å²) in [7, 11) is 0. The molecule has 0 aromatic carbocycles. The highest BCUT2D eigenvalue weighted by Crippen LogP contribution is 2.23. The Balaban J connectivity index is 2.26. The predicted molar refractivity (Wildman–Crippen MR) is 78.6 cm³/mol. The largest absolute Gasteiger partial charge is 0.355 e. The molecule has 1 aliphatic rings. The number of hydrogen-bond donors (Lipinski definition) is 2. The van der Waals surface area contributed by atoms with Gasteiger partial charge in [0.1, 0.15) is 0 Å². The van der Waals surface area contributed by atoms with Crippen molar-refractivity contribution in [3.63, 3.8) is 0 Å². The van der Waals surface area contributed by atoms with Gasteiger partial charge in [-0.1, -0.05) is 13.8 Å². The van der Waals surface area contributed by atoms with E-state index in [1.807, 2.05) is 23.5 Å². The molecule has 5 heteroatoms. The predicted octanol–water partition coefficient (Wildman–Crippen LogP) is 1.57. The summed E-state index contributed by atoms with van der Waals surface area (Å²) in [6.07, 6.45) is 0.884. The Morgan fingerprint density at radius 2 is 2.24 bits per heavy atom. The van der Waals surface area contributed by atoms with E-state index in [0.29, 0.717) is 17.7 Å². The van der Waals surface area contributed by atoms with Crippen LogP contribution in [-0.2, 0) is 4.79 Å². The SMILES string of the molecule is CC(C)CC(CN)C(=O)NCC1CSCCS1. The molecule has 0 aromatic rings. The molecule has 1 rings (SSSR count). The summed E-state index contributed by atoms with van der Waals surface area (Å²) in [5, 5.41) is 3.63. The lowest BCUT2D eigenvalue weighted by atomic mass is 9.96. The van der Waals surface area contributed by atoms with Crippen molar-refractivity contribution in [1.29, 1.82) is 0 Å². The Morgan fingerprint density at radius 1 is 1.47 bits per heavy atom. The van der Waals surface area contributed by atoms with E-state index in [2.05, 4.69) is 19.2 Å². The van der Waals surface area contributed by atoms with Gasteiger partial charge in [-0.15, -0.1) is 0 Å². The normalized spacial score (nSPS) is 22.5. The van der Waals surface area contributed by atoms with E-state index < -0.39 is 0 Å². The van der Waals surface area contributed by atoms with Crippen molar-refractivity contribution in [2.75, 3.05) is 30.3 Å². The summed E-state index contributed by atoms with van der Waals surface area (Å²) in [5.74, 6) is 4.25. The van der Waals surface area contributed by atoms with E-state index >= 15 is 0 Å². The molecule has 17 heavy (non-hydrogen) atoms. The molecule has 0 aromatic heterocycles. The zero-order valence-corrected chi connectivity index (χ0v) is 12.4. The second-order valence-corrected chi connectivity index (χ2v) is 7.43. The Hall–Kier alpha value is 0.130. The van der Waals surface area contributed by atoms with Crippen LogP contribution in [0.25, 0.3) is 0 Å². The molecule has 0 spiro atoms. The van der Waals surface area contributed by atoms with Gasteiger partial charge in [-0.25, -0.2) is 0 Å². The molecule has 1 fully saturated rings. The minimum atomic E-state index is -0.0174. The first-order chi connectivity index (χ1) is 8.13. The van der Waals surface area contributed by atoms with E-state index in [0.717, 1.165) is 18.7 Å². The van der Waals surface area contributed by atoms with Crippen LogP contribution in [-0.4, -0.2) is 41.5 Å². The minimum Gasteiger partial charge on any atom is -0.355 e. The molecule has 0 saturated carbocycles. The van der Waals surface area contributed by atoms with Gasteiger partial charge in [0.25, 0.3) is 0 Å². The average molecular weight is 276 g/mol. The number of carbonyl (C=O) groups excluding carboxylic acids is 1. The molecule has 1 aliphatic heterocycles. The molecule has 1 heterocycles. The summed E-state index contributed by atoms with van der Waals surface area (Å²) in [6.45, 7) is 5.51. The van der Waals surface area contributed by atoms with Crippen molar-refractivity contribution in [1.82, 2.24) is 5.32 Å². The van der Waals surface area contributed by atoms with Gasteiger partial charge in [0.15, 0.2) is 0 Å². The first-order valence-corrected chi connectivity index (χ1v) is 8.51. The van der Waals surface area contributed by atoms with Crippen LogP contribution >= 0.6 is 23.5 Å². The lowest BCUT2D eigenvalue weighted by Crippen LogP contribution is -2.40. The van der Waals surface area contributed by atoms with Crippen LogP contribution in [0.4, 0.5) is 0 Å². The van der Waals surface area contributed by atoms with Crippen molar-refractivity contribution >= 4 is 29.4 Å². The van der Waals surface area contributed by atoms with Crippen LogP contribution in [0.1, 0.15) is 20.3 Å². The number of thioether (sulfide) groups is 2. The second-order valence-electron chi connectivity index (χ2n) is 4.88. The second kappa shape index (κ2) is 8.27. The number of nitrogens with two attached hydrogens (primary N) is 1. The molecule has 0 aliphatic carbocycles. The fraction of sp³-hybridized carbons (Fsp3) is 0.917. The fourth-order valence-electron chi connectivity index (χ4n) is 1.89. The van der Waals surface area contributed by atoms with Crippen LogP contribution in [0.3, 0.4) is 0 Å².